The zero-order valence-electron chi connectivity index (χ0n) is 15.2. The molecular formula is C22H23ClNO2P. The zero-order chi connectivity index (χ0) is 19.1. The van der Waals surface area contributed by atoms with Gasteiger partial charge < -0.3 is 4.52 Å². The molecule has 3 aromatic rings. The van der Waals surface area contributed by atoms with Crippen molar-refractivity contribution in [3.63, 3.8) is 0 Å². The number of hydrogen-bond donors (Lipinski definition) is 1. The first kappa shape index (κ1) is 19.9. The maximum Gasteiger partial charge on any atom is 0.252 e. The van der Waals surface area contributed by atoms with Crippen LogP contribution in [0.2, 0.25) is 5.02 Å². The van der Waals surface area contributed by atoms with Crippen LogP contribution in [0.25, 0.3) is 0 Å². The van der Waals surface area contributed by atoms with Crippen molar-refractivity contribution in [2.45, 2.75) is 19.3 Å². The monoisotopic (exact) mass is 399 g/mol. The molecule has 0 aliphatic carbocycles. The van der Waals surface area contributed by atoms with Crippen molar-refractivity contribution in [3.8, 4) is 0 Å². The fourth-order valence-electron chi connectivity index (χ4n) is 3.05. The molecule has 0 aliphatic heterocycles. The van der Waals surface area contributed by atoms with Crippen molar-refractivity contribution in [1.82, 2.24) is 5.32 Å². The van der Waals surface area contributed by atoms with E-state index >= 15 is 0 Å². The van der Waals surface area contributed by atoms with Gasteiger partial charge in [0.25, 0.3) is 7.37 Å². The quantitative estimate of drug-likeness (QED) is 0.489. The molecule has 2 unspecified atom stereocenters. The van der Waals surface area contributed by atoms with Gasteiger partial charge in [0.15, 0.2) is 0 Å². The third-order valence-electron chi connectivity index (χ3n) is 4.32. The Labute approximate surface area is 165 Å². The summed E-state index contributed by atoms with van der Waals surface area (Å²) >= 11 is 6.48. The van der Waals surface area contributed by atoms with Crippen LogP contribution in [0.1, 0.15) is 23.8 Å². The summed E-state index contributed by atoms with van der Waals surface area (Å²) in [5.74, 6) is -0.547. The predicted molar refractivity (Wildman–Crippen MR) is 113 cm³/mol. The standard InChI is InChI=1S/C22H23ClNO2P/c1-2-26-27(25,19-13-7-4-8-14-19)22(20-15-9-10-16-21(20)23)24-17-18-11-5-3-6-12-18/h3-16,22,24H,2,17H2,1H3. The zero-order valence-corrected chi connectivity index (χ0v) is 16.9. The van der Waals surface area contributed by atoms with E-state index in [9.17, 15) is 4.57 Å². The van der Waals surface area contributed by atoms with Gasteiger partial charge in [-0.3, -0.25) is 9.88 Å². The van der Waals surface area contributed by atoms with E-state index in [1.54, 1.807) is 0 Å². The smallest absolute Gasteiger partial charge is 0.252 e. The molecule has 0 radical (unpaired) electrons. The van der Waals surface area contributed by atoms with Crippen molar-refractivity contribution in [3.05, 3.63) is 101 Å². The second-order valence-electron chi connectivity index (χ2n) is 6.14. The van der Waals surface area contributed by atoms with E-state index < -0.39 is 13.2 Å². The minimum Gasteiger partial charge on any atom is -0.324 e. The molecule has 140 valence electrons. The summed E-state index contributed by atoms with van der Waals surface area (Å²) in [6.07, 6.45) is 0. The molecule has 2 atom stereocenters. The normalized spacial score (nSPS) is 14.4. The highest BCUT2D eigenvalue weighted by molar-refractivity contribution is 7.67. The molecule has 0 saturated heterocycles. The minimum atomic E-state index is -3.26. The van der Waals surface area contributed by atoms with E-state index in [1.165, 1.54) is 0 Å². The maximum absolute atomic E-state index is 14.1. The van der Waals surface area contributed by atoms with E-state index in [0.29, 0.717) is 23.5 Å². The van der Waals surface area contributed by atoms with Crippen LogP contribution in [0.5, 0.6) is 0 Å². The van der Waals surface area contributed by atoms with Gasteiger partial charge >= 0.3 is 0 Å². The number of nitrogens with one attached hydrogen (secondary N) is 1. The fraction of sp³-hybridized carbons (Fsp3) is 0.182. The summed E-state index contributed by atoms with van der Waals surface area (Å²) in [6, 6.07) is 26.9. The average molecular weight is 400 g/mol. The van der Waals surface area contributed by atoms with Gasteiger partial charge in [0, 0.05) is 16.9 Å². The van der Waals surface area contributed by atoms with Crippen molar-refractivity contribution in [2.24, 2.45) is 0 Å². The topological polar surface area (TPSA) is 38.3 Å². The lowest BCUT2D eigenvalue weighted by Gasteiger charge is -2.29. The molecule has 0 bridgehead atoms. The molecule has 0 aliphatic rings. The molecule has 0 spiro atoms. The lowest BCUT2D eigenvalue weighted by molar-refractivity contribution is 0.327. The number of hydrogen-bond acceptors (Lipinski definition) is 3. The van der Waals surface area contributed by atoms with E-state index in [2.05, 4.69) is 5.32 Å². The second kappa shape index (κ2) is 9.34. The summed E-state index contributed by atoms with van der Waals surface area (Å²) in [5.41, 5.74) is 1.88. The van der Waals surface area contributed by atoms with Gasteiger partial charge in [-0.05, 0) is 36.2 Å². The van der Waals surface area contributed by atoms with Gasteiger partial charge in [-0.25, -0.2) is 0 Å². The minimum absolute atomic E-state index is 0.347. The fourth-order valence-corrected chi connectivity index (χ4v) is 5.86. The van der Waals surface area contributed by atoms with Crippen LogP contribution in [0, 0.1) is 0 Å². The maximum atomic E-state index is 14.1. The molecule has 3 nitrogen and oxygen atoms in total. The Kier molecular flexibility index (Phi) is 6.87. The molecule has 27 heavy (non-hydrogen) atoms. The lowest BCUT2D eigenvalue weighted by Crippen LogP contribution is -2.26. The van der Waals surface area contributed by atoms with Gasteiger partial charge in [0.1, 0.15) is 5.78 Å². The molecule has 0 fully saturated rings. The summed E-state index contributed by atoms with van der Waals surface area (Å²) in [7, 11) is -3.26. The molecule has 3 rings (SSSR count). The number of halogens is 1. The first-order valence-electron chi connectivity index (χ1n) is 8.96. The van der Waals surface area contributed by atoms with Crippen molar-refractivity contribution < 1.29 is 9.09 Å². The Morgan fingerprint density at radius 2 is 1.52 bits per heavy atom. The summed E-state index contributed by atoms with van der Waals surface area (Å²) < 4.78 is 20.1. The van der Waals surface area contributed by atoms with Crippen LogP contribution < -0.4 is 10.6 Å². The Hall–Kier alpha value is -1.90. The van der Waals surface area contributed by atoms with Gasteiger partial charge in [-0.15, -0.1) is 0 Å². The third kappa shape index (κ3) is 4.69. The van der Waals surface area contributed by atoms with Crippen LogP contribution in [0.3, 0.4) is 0 Å². The Morgan fingerprint density at radius 1 is 0.926 bits per heavy atom. The Bertz CT molecular complexity index is 902. The van der Waals surface area contributed by atoms with Crippen molar-refractivity contribution in [1.29, 1.82) is 0 Å². The summed E-state index contributed by atoms with van der Waals surface area (Å²) in [4.78, 5) is 0. The number of rotatable bonds is 8. The predicted octanol–water partition coefficient (Wildman–Crippen LogP) is 5.77. The van der Waals surface area contributed by atoms with Gasteiger partial charge in [0.2, 0.25) is 0 Å². The van der Waals surface area contributed by atoms with E-state index in [4.69, 9.17) is 16.1 Å². The van der Waals surface area contributed by atoms with Gasteiger partial charge in [-0.2, -0.15) is 0 Å². The molecule has 0 aromatic heterocycles. The van der Waals surface area contributed by atoms with Gasteiger partial charge in [-0.1, -0.05) is 78.3 Å². The van der Waals surface area contributed by atoms with E-state index in [0.717, 1.165) is 11.1 Å². The molecule has 1 N–H and O–H groups in total. The highest BCUT2D eigenvalue weighted by Gasteiger charge is 2.38. The third-order valence-corrected chi connectivity index (χ3v) is 7.46. The second-order valence-corrected chi connectivity index (χ2v) is 9.03. The first-order valence-corrected chi connectivity index (χ1v) is 11.0. The van der Waals surface area contributed by atoms with E-state index in [1.807, 2.05) is 91.9 Å². The van der Waals surface area contributed by atoms with Gasteiger partial charge in [0.05, 0.1) is 6.61 Å². The molecule has 0 saturated carbocycles. The molecular weight excluding hydrogens is 377 g/mol. The molecule has 0 heterocycles. The Balaban J connectivity index is 2.04. The largest absolute Gasteiger partial charge is 0.324 e. The number of benzene rings is 3. The SMILES string of the molecule is CCOP(=O)(c1ccccc1)C(NCc1ccccc1)c1ccccc1Cl. The van der Waals surface area contributed by atoms with Crippen LogP contribution in [0.15, 0.2) is 84.9 Å². The molecule has 0 amide bonds. The highest BCUT2D eigenvalue weighted by atomic mass is 35.5. The van der Waals surface area contributed by atoms with Crippen molar-refractivity contribution in [2.75, 3.05) is 6.61 Å². The van der Waals surface area contributed by atoms with Crippen LogP contribution in [-0.2, 0) is 15.6 Å². The van der Waals surface area contributed by atoms with Crippen LogP contribution in [-0.4, -0.2) is 6.61 Å². The molecule has 3 aromatic carbocycles. The lowest BCUT2D eigenvalue weighted by atomic mass is 10.2. The summed E-state index contributed by atoms with van der Waals surface area (Å²) in [5, 5.41) is 4.69. The highest BCUT2D eigenvalue weighted by Crippen LogP contribution is 2.58. The molecule has 5 heteroatoms. The van der Waals surface area contributed by atoms with Crippen LogP contribution >= 0.6 is 19.0 Å². The Morgan fingerprint density at radius 3 is 2.15 bits per heavy atom. The first-order chi connectivity index (χ1) is 13.1. The van der Waals surface area contributed by atoms with Crippen molar-refractivity contribution >= 4 is 24.3 Å². The summed E-state index contributed by atoms with van der Waals surface area (Å²) in [6.45, 7) is 2.76. The van der Waals surface area contributed by atoms with Crippen LogP contribution in [0.4, 0.5) is 0 Å². The average Bonchev–Trinajstić information content (AvgIpc) is 2.71. The van der Waals surface area contributed by atoms with E-state index in [-0.39, 0.29) is 0 Å².